The van der Waals surface area contributed by atoms with E-state index in [2.05, 4.69) is 30.9 Å². The van der Waals surface area contributed by atoms with E-state index in [1.54, 1.807) is 0 Å². The number of rotatable bonds is 1. The Morgan fingerprint density at radius 1 is 1.41 bits per heavy atom. The maximum Gasteiger partial charge on any atom is 0.269 e. The summed E-state index contributed by atoms with van der Waals surface area (Å²) in [7, 11) is 0. The lowest BCUT2D eigenvalue weighted by Crippen LogP contribution is -2.07. The molecule has 3 aromatic rings. The molecule has 0 saturated carbocycles. The lowest BCUT2D eigenvalue weighted by atomic mass is 10.3. The van der Waals surface area contributed by atoms with Crippen LogP contribution in [0.25, 0.3) is 21.7 Å². The molecule has 86 valence electrons. The van der Waals surface area contributed by atoms with E-state index in [0.29, 0.717) is 16.0 Å². The van der Waals surface area contributed by atoms with Gasteiger partial charge in [0.2, 0.25) is 0 Å². The van der Waals surface area contributed by atoms with Crippen molar-refractivity contribution < 1.29 is 0 Å². The van der Waals surface area contributed by atoms with E-state index in [-0.39, 0.29) is 5.56 Å². The highest BCUT2D eigenvalue weighted by Gasteiger charge is 2.09. The number of halogens is 1. The van der Waals surface area contributed by atoms with Gasteiger partial charge in [-0.2, -0.15) is 0 Å². The molecule has 0 radical (unpaired) electrons. The molecule has 3 rings (SSSR count). The Bertz CT molecular complexity index is 756. The van der Waals surface area contributed by atoms with Crippen molar-refractivity contribution in [1.82, 2.24) is 15.0 Å². The van der Waals surface area contributed by atoms with Gasteiger partial charge in [-0.3, -0.25) is 4.79 Å². The first-order valence-corrected chi connectivity index (χ1v) is 6.59. The van der Waals surface area contributed by atoms with Crippen molar-refractivity contribution in [3.05, 3.63) is 38.0 Å². The number of nitrogens with one attached hydrogen (secondary N) is 2. The summed E-state index contributed by atoms with van der Waals surface area (Å²) in [6.07, 6.45) is 1.88. The average molecular weight is 310 g/mol. The number of nitrogens with zero attached hydrogens (tertiary/aromatic N) is 1. The molecule has 0 aliphatic carbocycles. The van der Waals surface area contributed by atoms with Crippen LogP contribution >= 0.6 is 27.3 Å². The van der Waals surface area contributed by atoms with Crippen molar-refractivity contribution in [1.29, 1.82) is 0 Å². The van der Waals surface area contributed by atoms with Crippen LogP contribution < -0.4 is 5.56 Å². The highest BCUT2D eigenvalue weighted by molar-refractivity contribution is 9.11. The SMILES string of the molecule is Cc1c[nH]c(-c2nc3cc(Br)sc3c(=O)[nH]2)c1. The van der Waals surface area contributed by atoms with Gasteiger partial charge in [0.15, 0.2) is 5.82 Å². The van der Waals surface area contributed by atoms with Crippen LogP contribution in [0.1, 0.15) is 5.56 Å². The normalized spacial score (nSPS) is 11.2. The van der Waals surface area contributed by atoms with Gasteiger partial charge in [0.25, 0.3) is 5.56 Å². The quantitative estimate of drug-likeness (QED) is 0.725. The smallest absolute Gasteiger partial charge is 0.269 e. The number of hydrogen-bond donors (Lipinski definition) is 2. The van der Waals surface area contributed by atoms with Crippen LogP contribution in [0.5, 0.6) is 0 Å². The van der Waals surface area contributed by atoms with E-state index in [1.165, 1.54) is 11.3 Å². The van der Waals surface area contributed by atoms with Crippen LogP contribution in [0.15, 0.2) is 26.9 Å². The number of fused-ring (bicyclic) bond motifs is 1. The first kappa shape index (κ1) is 10.7. The van der Waals surface area contributed by atoms with Crippen LogP contribution in [-0.4, -0.2) is 15.0 Å². The molecule has 2 N–H and O–H groups in total. The fourth-order valence-electron chi connectivity index (χ4n) is 1.68. The van der Waals surface area contributed by atoms with E-state index in [0.717, 1.165) is 15.0 Å². The number of aryl methyl sites for hydroxylation is 1. The molecule has 0 aliphatic heterocycles. The van der Waals surface area contributed by atoms with Gasteiger partial charge in [0, 0.05) is 6.20 Å². The van der Waals surface area contributed by atoms with Crippen LogP contribution in [0.2, 0.25) is 0 Å². The molecular weight excluding hydrogens is 302 g/mol. The average Bonchev–Trinajstić information content (AvgIpc) is 2.83. The Morgan fingerprint density at radius 2 is 2.24 bits per heavy atom. The molecule has 0 atom stereocenters. The van der Waals surface area contributed by atoms with Crippen molar-refractivity contribution in [3.8, 4) is 11.5 Å². The lowest BCUT2D eigenvalue weighted by Gasteiger charge is -1.96. The Hall–Kier alpha value is -1.40. The van der Waals surface area contributed by atoms with Crippen LogP contribution in [0, 0.1) is 6.92 Å². The van der Waals surface area contributed by atoms with Gasteiger partial charge in [0.05, 0.1) is 15.0 Å². The number of H-pyrrole nitrogens is 2. The molecule has 6 heteroatoms. The Labute approximate surface area is 109 Å². The number of hydrogen-bond acceptors (Lipinski definition) is 3. The number of thiophene rings is 1. The maximum absolute atomic E-state index is 11.9. The third kappa shape index (κ3) is 1.83. The number of aromatic amines is 2. The van der Waals surface area contributed by atoms with Gasteiger partial charge in [-0.15, -0.1) is 11.3 Å². The van der Waals surface area contributed by atoms with Gasteiger partial charge < -0.3 is 9.97 Å². The second-order valence-electron chi connectivity index (χ2n) is 3.77. The Balaban J connectivity index is 2.28. The molecule has 0 unspecified atom stereocenters. The third-order valence-electron chi connectivity index (χ3n) is 2.44. The van der Waals surface area contributed by atoms with Gasteiger partial charge in [0.1, 0.15) is 4.70 Å². The van der Waals surface area contributed by atoms with Crippen molar-refractivity contribution in [2.75, 3.05) is 0 Å². The van der Waals surface area contributed by atoms with E-state index < -0.39 is 0 Å². The van der Waals surface area contributed by atoms with E-state index in [9.17, 15) is 4.79 Å². The zero-order chi connectivity index (χ0) is 12.0. The molecule has 0 fully saturated rings. The summed E-state index contributed by atoms with van der Waals surface area (Å²) in [5.74, 6) is 0.570. The van der Waals surface area contributed by atoms with Gasteiger partial charge in [-0.1, -0.05) is 0 Å². The molecule has 0 bridgehead atoms. The molecule has 0 amide bonds. The summed E-state index contributed by atoms with van der Waals surface area (Å²) in [6, 6.07) is 3.81. The van der Waals surface area contributed by atoms with Crippen molar-refractivity contribution in [3.63, 3.8) is 0 Å². The van der Waals surface area contributed by atoms with Crippen LogP contribution in [0.3, 0.4) is 0 Å². The molecule has 4 nitrogen and oxygen atoms in total. The fraction of sp³-hybridized carbons (Fsp3) is 0.0909. The maximum atomic E-state index is 11.9. The largest absolute Gasteiger partial charge is 0.358 e. The van der Waals surface area contributed by atoms with Gasteiger partial charge in [-0.25, -0.2) is 4.98 Å². The van der Waals surface area contributed by atoms with Crippen molar-refractivity contribution >= 4 is 37.5 Å². The summed E-state index contributed by atoms with van der Waals surface area (Å²) >= 11 is 4.75. The summed E-state index contributed by atoms with van der Waals surface area (Å²) in [5, 5.41) is 0. The van der Waals surface area contributed by atoms with E-state index in [1.807, 2.05) is 25.3 Å². The molecule has 3 heterocycles. The van der Waals surface area contributed by atoms with Crippen LogP contribution in [-0.2, 0) is 0 Å². The zero-order valence-corrected chi connectivity index (χ0v) is 11.3. The lowest BCUT2D eigenvalue weighted by molar-refractivity contribution is 1.16. The van der Waals surface area contributed by atoms with Gasteiger partial charge >= 0.3 is 0 Å². The molecule has 0 spiro atoms. The summed E-state index contributed by atoms with van der Waals surface area (Å²) < 4.78 is 1.55. The molecule has 17 heavy (non-hydrogen) atoms. The number of aromatic nitrogens is 3. The second-order valence-corrected chi connectivity index (χ2v) is 6.20. The monoisotopic (exact) mass is 309 g/mol. The van der Waals surface area contributed by atoms with Crippen molar-refractivity contribution in [2.45, 2.75) is 6.92 Å². The minimum Gasteiger partial charge on any atom is -0.358 e. The second kappa shape index (κ2) is 3.82. The highest BCUT2D eigenvalue weighted by atomic mass is 79.9. The first-order valence-electron chi connectivity index (χ1n) is 4.98. The molecular formula is C11H8BrN3OS. The molecule has 0 aromatic carbocycles. The Morgan fingerprint density at radius 3 is 2.94 bits per heavy atom. The summed E-state index contributed by atoms with van der Waals surface area (Å²) in [5.41, 5.74) is 2.54. The minimum absolute atomic E-state index is 0.104. The van der Waals surface area contributed by atoms with Crippen LogP contribution in [0.4, 0.5) is 0 Å². The highest BCUT2D eigenvalue weighted by Crippen LogP contribution is 2.26. The van der Waals surface area contributed by atoms with E-state index in [4.69, 9.17) is 0 Å². The summed E-state index contributed by atoms with van der Waals surface area (Å²) in [4.78, 5) is 22.2. The third-order valence-corrected chi connectivity index (χ3v) is 4.06. The van der Waals surface area contributed by atoms with E-state index >= 15 is 0 Å². The van der Waals surface area contributed by atoms with Gasteiger partial charge in [-0.05, 0) is 40.5 Å². The standard InChI is InChI=1S/C11H8BrN3OS/c1-5-2-7(13-4-5)10-14-6-3-8(12)17-9(6)11(16)15-10/h2-4,13H,1H3,(H,14,15,16). The summed E-state index contributed by atoms with van der Waals surface area (Å²) in [6.45, 7) is 1.98. The minimum atomic E-state index is -0.104. The topological polar surface area (TPSA) is 61.5 Å². The fourth-order valence-corrected chi connectivity index (χ4v) is 3.10. The molecule has 0 aliphatic rings. The predicted octanol–water partition coefficient (Wildman–Crippen LogP) is 3.05. The molecule has 0 saturated heterocycles. The Kier molecular flexibility index (Phi) is 2.41. The predicted molar refractivity (Wildman–Crippen MR) is 72.5 cm³/mol. The zero-order valence-electron chi connectivity index (χ0n) is 8.87. The first-order chi connectivity index (χ1) is 8.13. The van der Waals surface area contributed by atoms with Crippen molar-refractivity contribution in [2.24, 2.45) is 0 Å². The molecule has 3 aromatic heterocycles.